The van der Waals surface area contributed by atoms with Crippen LogP contribution in [0.5, 0.6) is 5.75 Å². The Labute approximate surface area is 332 Å². The zero-order valence-corrected chi connectivity index (χ0v) is 34.5. The number of anilines is 1. The fourth-order valence-electron chi connectivity index (χ4n) is 7.15. The molecule has 3 aromatic rings. The first-order valence-electron chi connectivity index (χ1n) is 19.3. The maximum absolute atomic E-state index is 14.4. The number of carbonyl (C=O) groups excluding carboxylic acids is 1. The normalized spacial score (nSPS) is 19.4. The summed E-state index contributed by atoms with van der Waals surface area (Å²) in [4.78, 5) is 17.5. The average Bonchev–Trinajstić information content (AvgIpc) is 3.17. The molecular weight excluding hydrogens is 735 g/mol. The maximum atomic E-state index is 14.4. The van der Waals surface area contributed by atoms with Crippen LogP contribution in [0.4, 0.5) is 5.69 Å². The molecule has 0 spiro atoms. The van der Waals surface area contributed by atoms with Crippen LogP contribution in [-0.4, -0.2) is 116 Å². The lowest BCUT2D eigenvalue weighted by molar-refractivity contribution is -0.122. The lowest BCUT2D eigenvalue weighted by Crippen LogP contribution is -2.53. The molecule has 5 rings (SSSR count). The van der Waals surface area contributed by atoms with Gasteiger partial charge in [-0.2, -0.15) is 9.41 Å². The fraction of sp³-hybridized carbons (Fsp3) is 0.524. The number of fused-ring (bicyclic) bond motifs is 1. The van der Waals surface area contributed by atoms with Crippen molar-refractivity contribution in [1.29, 1.82) is 0 Å². The molecule has 2 heterocycles. The van der Waals surface area contributed by atoms with Crippen molar-refractivity contribution in [2.24, 2.45) is 11.0 Å². The highest BCUT2D eigenvalue weighted by molar-refractivity contribution is 7.89. The van der Waals surface area contributed by atoms with Crippen LogP contribution >= 0.6 is 0 Å². The summed E-state index contributed by atoms with van der Waals surface area (Å²) in [5, 5.41) is 4.03. The largest absolute Gasteiger partial charge is 0.490 e. The highest BCUT2D eigenvalue weighted by Gasteiger charge is 2.43. The number of benzene rings is 3. The van der Waals surface area contributed by atoms with Crippen LogP contribution in [0.1, 0.15) is 54.4 Å². The fourth-order valence-corrected chi connectivity index (χ4v) is 8.80. The van der Waals surface area contributed by atoms with Gasteiger partial charge >= 0.3 is 0 Å². The number of amides is 1. The molecule has 4 atom stereocenters. The van der Waals surface area contributed by atoms with Crippen molar-refractivity contribution in [2.75, 3.05) is 79.3 Å². The molecule has 56 heavy (non-hydrogen) atoms. The van der Waals surface area contributed by atoms with E-state index in [1.165, 1.54) is 10.6 Å². The number of hydrogen-bond acceptors (Lipinski definition) is 10. The van der Waals surface area contributed by atoms with Crippen LogP contribution in [0.15, 0.2) is 76.7 Å². The predicted molar refractivity (Wildman–Crippen MR) is 218 cm³/mol. The molecule has 13 nitrogen and oxygen atoms in total. The maximum Gasteiger partial charge on any atom is 0.243 e. The van der Waals surface area contributed by atoms with Crippen LogP contribution in [0, 0.1) is 12.8 Å². The molecule has 2 aliphatic rings. The zero-order valence-electron chi connectivity index (χ0n) is 33.7. The van der Waals surface area contributed by atoms with Gasteiger partial charge in [-0.15, -0.1) is 0 Å². The molecule has 0 saturated carbocycles. The lowest BCUT2D eigenvalue weighted by atomic mass is 9.83. The van der Waals surface area contributed by atoms with E-state index in [2.05, 4.69) is 40.5 Å². The predicted octanol–water partition coefficient (Wildman–Crippen LogP) is 5.17. The van der Waals surface area contributed by atoms with Crippen molar-refractivity contribution < 1.29 is 36.9 Å². The summed E-state index contributed by atoms with van der Waals surface area (Å²) in [6.07, 6.45) is 2.14. The number of sulfonamides is 1. The quantitative estimate of drug-likeness (QED) is 0.0708. The summed E-state index contributed by atoms with van der Waals surface area (Å²) in [6, 6.07) is 20.4. The first-order valence-corrected chi connectivity index (χ1v) is 20.8. The monoisotopic (exact) mass is 793 g/mol. The van der Waals surface area contributed by atoms with Crippen molar-refractivity contribution >= 4 is 28.0 Å². The molecule has 0 bridgehead atoms. The van der Waals surface area contributed by atoms with Gasteiger partial charge in [-0.3, -0.25) is 4.79 Å². The van der Waals surface area contributed by atoms with Gasteiger partial charge in [0.15, 0.2) is 0 Å². The first kappa shape index (κ1) is 43.1. The number of hydrazone groups is 1. The number of rotatable bonds is 20. The van der Waals surface area contributed by atoms with Gasteiger partial charge in [-0.25, -0.2) is 13.8 Å². The molecule has 306 valence electrons. The van der Waals surface area contributed by atoms with Crippen molar-refractivity contribution in [2.45, 2.75) is 69.3 Å². The first-order chi connectivity index (χ1) is 27.0. The highest BCUT2D eigenvalue weighted by Crippen LogP contribution is 2.39. The lowest BCUT2D eigenvalue weighted by Gasteiger charge is -2.43. The van der Waals surface area contributed by atoms with E-state index in [9.17, 15) is 13.2 Å². The second kappa shape index (κ2) is 20.9. The molecule has 0 unspecified atom stereocenters. The second-order valence-corrected chi connectivity index (χ2v) is 16.9. The minimum Gasteiger partial charge on any atom is -0.490 e. The summed E-state index contributed by atoms with van der Waals surface area (Å²) >= 11 is 0. The Balaban J connectivity index is 1.44. The standard InChI is InChI=1S/C42H59N5O8S/c1-31-8-15-37(16-9-31)56(49,50)47-25-41(55-29-34-12-17-40-39(22-34)46(19-21-54-40)18-7-20-51-5)38(23-36(47)24-42(48)44-43-30-45(3)4)35-13-10-33(11-14-35)28-53-27-32(2)26-52-6/h8-17,22,30,32,36,38,41H,7,18-21,23-29H2,1-6H3,(H,44,48)/t32-,36+,38+,41-/m0/s1. The number of aryl methyl sites for hydroxylation is 1. The number of ether oxygens (including phenoxy) is 5. The third-order valence-electron chi connectivity index (χ3n) is 10.0. The number of hydrogen-bond donors (Lipinski definition) is 1. The van der Waals surface area contributed by atoms with E-state index in [0.29, 0.717) is 39.5 Å². The molecule has 14 heteroatoms. The van der Waals surface area contributed by atoms with E-state index < -0.39 is 22.2 Å². The topological polar surface area (TPSA) is 131 Å². The van der Waals surface area contributed by atoms with Gasteiger partial charge in [0.1, 0.15) is 18.7 Å². The molecule has 0 radical (unpaired) electrons. The van der Waals surface area contributed by atoms with E-state index in [1.54, 1.807) is 57.5 Å². The molecule has 1 N–H and O–H groups in total. The van der Waals surface area contributed by atoms with Gasteiger partial charge in [-0.1, -0.05) is 55.0 Å². The van der Waals surface area contributed by atoms with Crippen molar-refractivity contribution in [3.63, 3.8) is 0 Å². The highest BCUT2D eigenvalue weighted by atomic mass is 32.2. The van der Waals surface area contributed by atoms with Crippen LogP contribution in [0.2, 0.25) is 0 Å². The summed E-state index contributed by atoms with van der Waals surface area (Å²) in [5.74, 6) is 0.516. The number of carbonyl (C=O) groups is 1. The van der Waals surface area contributed by atoms with Crippen LogP contribution in [0.25, 0.3) is 0 Å². The molecular formula is C42H59N5O8S. The van der Waals surface area contributed by atoms with E-state index in [1.807, 2.05) is 31.2 Å². The molecule has 2 aliphatic heterocycles. The molecule has 1 saturated heterocycles. The smallest absolute Gasteiger partial charge is 0.243 e. The Morgan fingerprint density at radius 2 is 1.77 bits per heavy atom. The van der Waals surface area contributed by atoms with E-state index >= 15 is 0 Å². The Morgan fingerprint density at radius 1 is 1.02 bits per heavy atom. The van der Waals surface area contributed by atoms with Crippen molar-refractivity contribution in [3.05, 3.63) is 89.0 Å². The van der Waals surface area contributed by atoms with Gasteiger partial charge in [0.05, 0.1) is 49.7 Å². The Hall–Kier alpha value is -4.05. The van der Waals surface area contributed by atoms with Crippen LogP contribution in [0.3, 0.4) is 0 Å². The van der Waals surface area contributed by atoms with Gasteiger partial charge in [0.25, 0.3) is 0 Å². The Kier molecular flexibility index (Phi) is 16.1. The molecule has 1 fully saturated rings. The molecule has 1 amide bonds. The van der Waals surface area contributed by atoms with E-state index in [0.717, 1.165) is 53.2 Å². The van der Waals surface area contributed by atoms with Gasteiger partial charge in [-0.05, 0) is 60.7 Å². The zero-order chi connectivity index (χ0) is 40.1. The number of methoxy groups -OCH3 is 2. The van der Waals surface area contributed by atoms with Gasteiger partial charge in [0, 0.05) is 72.3 Å². The summed E-state index contributed by atoms with van der Waals surface area (Å²) < 4.78 is 59.6. The molecule has 3 aromatic carbocycles. The summed E-state index contributed by atoms with van der Waals surface area (Å²) in [7, 11) is 2.97. The van der Waals surface area contributed by atoms with Crippen molar-refractivity contribution in [1.82, 2.24) is 14.6 Å². The molecule has 0 aromatic heterocycles. The Morgan fingerprint density at radius 3 is 2.48 bits per heavy atom. The van der Waals surface area contributed by atoms with E-state index in [4.69, 9.17) is 23.7 Å². The summed E-state index contributed by atoms with van der Waals surface area (Å²) in [5.41, 5.74) is 7.51. The van der Waals surface area contributed by atoms with Gasteiger partial charge < -0.3 is 33.5 Å². The third-order valence-corrected chi connectivity index (χ3v) is 12.0. The SMILES string of the molecule is COCCCN1CCOc2ccc(CO[C@H]3CN(S(=O)(=O)c4ccc(C)cc4)[C@@H](CC(=O)NN=CN(C)C)C[C@@H]3c3ccc(COC[C@@H](C)COC)cc3)cc21. The number of nitrogens with one attached hydrogen (secondary N) is 1. The van der Waals surface area contributed by atoms with E-state index in [-0.39, 0.29) is 42.2 Å². The van der Waals surface area contributed by atoms with Crippen molar-refractivity contribution in [3.8, 4) is 5.75 Å². The van der Waals surface area contributed by atoms with Crippen LogP contribution < -0.4 is 15.1 Å². The number of nitrogens with zero attached hydrogens (tertiary/aromatic N) is 4. The third kappa shape index (κ3) is 12.0. The summed E-state index contributed by atoms with van der Waals surface area (Å²) in [6.45, 7) is 8.90. The average molecular weight is 794 g/mol. The Bertz CT molecular complexity index is 1820. The molecule has 0 aliphatic carbocycles. The van der Waals surface area contributed by atoms with Crippen LogP contribution in [-0.2, 0) is 47.0 Å². The van der Waals surface area contributed by atoms with Gasteiger partial charge in [0.2, 0.25) is 15.9 Å². The second-order valence-electron chi connectivity index (χ2n) is 15.0. The minimum atomic E-state index is -4.02. The number of piperidine rings is 1. The minimum absolute atomic E-state index is 0.0548.